The number of rotatable bonds is 4. The summed E-state index contributed by atoms with van der Waals surface area (Å²) in [5.41, 5.74) is 1.40. The molecule has 2 heterocycles. The molecule has 2 aliphatic heterocycles. The fourth-order valence-corrected chi connectivity index (χ4v) is 5.35. The van der Waals surface area contributed by atoms with Crippen LogP contribution in [0.3, 0.4) is 0 Å². The molecule has 3 rings (SSSR count). The van der Waals surface area contributed by atoms with E-state index in [1.54, 1.807) is 45.2 Å². The van der Waals surface area contributed by atoms with Crippen LogP contribution < -0.4 is 5.09 Å². The van der Waals surface area contributed by atoms with Gasteiger partial charge in [-0.3, -0.25) is 0 Å². The van der Waals surface area contributed by atoms with E-state index in [1.807, 2.05) is 6.07 Å². The molecule has 0 spiro atoms. The first-order chi connectivity index (χ1) is 12.9. The van der Waals surface area contributed by atoms with Crippen LogP contribution in [0, 0.1) is 0 Å². The van der Waals surface area contributed by atoms with Gasteiger partial charge in [-0.1, -0.05) is 30.3 Å². The van der Waals surface area contributed by atoms with Crippen molar-refractivity contribution in [1.82, 2.24) is 14.7 Å². The van der Waals surface area contributed by atoms with Crippen LogP contribution in [0.25, 0.3) is 0 Å². The van der Waals surface area contributed by atoms with E-state index < -0.39 is 25.7 Å². The predicted molar refractivity (Wildman–Crippen MR) is 99.7 cm³/mol. The molecule has 0 radical (unpaired) electrons. The molecule has 1 fully saturated rings. The number of nitrogens with one attached hydrogen (secondary N) is 1. The quantitative estimate of drug-likeness (QED) is 0.625. The zero-order chi connectivity index (χ0) is 19.6. The minimum Gasteiger partial charge on any atom is -0.463 e. The van der Waals surface area contributed by atoms with Crippen molar-refractivity contribution in [3.8, 4) is 0 Å². The van der Waals surface area contributed by atoms with Crippen LogP contribution in [0.15, 0.2) is 41.6 Å². The summed E-state index contributed by atoms with van der Waals surface area (Å²) in [6.07, 6.45) is 0.692. The smallest absolute Gasteiger partial charge is 0.373 e. The van der Waals surface area contributed by atoms with Crippen molar-refractivity contribution in [2.75, 3.05) is 26.8 Å². The molecule has 2 atom stereocenters. The van der Waals surface area contributed by atoms with Crippen LogP contribution in [0.5, 0.6) is 0 Å². The van der Waals surface area contributed by atoms with Crippen molar-refractivity contribution in [1.29, 1.82) is 0 Å². The summed E-state index contributed by atoms with van der Waals surface area (Å²) in [4.78, 5) is 27.2. The van der Waals surface area contributed by atoms with Gasteiger partial charge in [-0.25, -0.2) is 23.9 Å². The van der Waals surface area contributed by atoms with Crippen LogP contribution in [0.4, 0.5) is 4.79 Å². The Balaban J connectivity index is 2.20. The zero-order valence-corrected chi connectivity index (χ0v) is 16.6. The summed E-state index contributed by atoms with van der Waals surface area (Å²) in [6, 6.07) is 7.66. The fourth-order valence-electron chi connectivity index (χ4n) is 3.25. The highest BCUT2D eigenvalue weighted by atomic mass is 31.2. The molecule has 146 valence electrons. The number of allylic oxidation sites excluding steroid dienone is 1. The van der Waals surface area contributed by atoms with Crippen LogP contribution in [-0.4, -0.2) is 48.4 Å². The first-order valence-electron chi connectivity index (χ1n) is 8.90. The second kappa shape index (κ2) is 7.84. The Hall–Kier alpha value is -2.15. The van der Waals surface area contributed by atoms with Gasteiger partial charge in [-0.2, -0.15) is 0 Å². The van der Waals surface area contributed by atoms with E-state index in [9.17, 15) is 14.2 Å². The average Bonchev–Trinajstić information content (AvgIpc) is 2.67. The second-order valence-corrected chi connectivity index (χ2v) is 8.38. The van der Waals surface area contributed by atoms with Gasteiger partial charge in [-0.05, 0) is 25.8 Å². The number of hydrogen-bond donors (Lipinski definition) is 1. The minimum absolute atomic E-state index is 0.196. The van der Waals surface area contributed by atoms with Crippen LogP contribution in [0.1, 0.15) is 31.9 Å². The van der Waals surface area contributed by atoms with Gasteiger partial charge >= 0.3 is 19.7 Å². The number of esters is 1. The van der Waals surface area contributed by atoms with Gasteiger partial charge in [0.1, 0.15) is 6.04 Å². The maximum atomic E-state index is 13.5. The molecule has 2 aliphatic rings. The number of hydrogen-bond acceptors (Lipinski definition) is 5. The molecule has 8 nitrogen and oxygen atoms in total. The van der Waals surface area contributed by atoms with Gasteiger partial charge in [0.2, 0.25) is 0 Å². The molecule has 1 aromatic rings. The van der Waals surface area contributed by atoms with Crippen molar-refractivity contribution >= 4 is 19.7 Å². The molecule has 1 N–H and O–H groups in total. The van der Waals surface area contributed by atoms with E-state index in [0.717, 1.165) is 0 Å². The highest BCUT2D eigenvalue weighted by molar-refractivity contribution is 7.55. The number of carbonyl (C=O) groups excluding carboxylic acids is 2. The maximum Gasteiger partial charge on any atom is 0.373 e. The van der Waals surface area contributed by atoms with Gasteiger partial charge in [0, 0.05) is 19.3 Å². The molecule has 9 heteroatoms. The first kappa shape index (κ1) is 19.6. The molecule has 2 amide bonds. The van der Waals surface area contributed by atoms with Gasteiger partial charge in [0.15, 0.2) is 0 Å². The molecule has 27 heavy (non-hydrogen) atoms. The van der Waals surface area contributed by atoms with Gasteiger partial charge < -0.3 is 14.2 Å². The zero-order valence-electron chi connectivity index (χ0n) is 15.7. The van der Waals surface area contributed by atoms with E-state index >= 15 is 0 Å². The standard InChI is InChI=1S/C18H24N3O5P/c1-4-25-17(22)15-13(2)20(3)18(23)21(27(24)19-11-8-12-26-27)16(15)14-9-6-5-7-10-14/h5-7,9-10,16H,4,8,11-12H2,1-3H3,(H,19,24). The predicted octanol–water partition coefficient (Wildman–Crippen LogP) is 3.05. The number of nitrogens with zero attached hydrogens (tertiary/aromatic N) is 2. The van der Waals surface area contributed by atoms with Crippen molar-refractivity contribution in [2.45, 2.75) is 26.3 Å². The highest BCUT2D eigenvalue weighted by Crippen LogP contribution is 2.57. The third-order valence-corrected chi connectivity index (χ3v) is 6.81. The SMILES string of the molecule is CCOC(=O)C1=C(C)N(C)C(=O)N(P2(=O)NCCCO2)C1c1ccccc1. The van der Waals surface area contributed by atoms with Crippen LogP contribution in [-0.2, 0) is 18.6 Å². The Morgan fingerprint density at radius 2 is 2.07 bits per heavy atom. The van der Waals surface area contributed by atoms with Crippen molar-refractivity contribution < 1.29 is 23.4 Å². The third kappa shape index (κ3) is 3.52. The normalized spacial score (nSPS) is 26.3. The van der Waals surface area contributed by atoms with Crippen molar-refractivity contribution in [2.24, 2.45) is 0 Å². The molecular weight excluding hydrogens is 369 g/mol. The summed E-state index contributed by atoms with van der Waals surface area (Å²) in [5, 5.41) is 2.86. The molecule has 0 saturated carbocycles. The van der Waals surface area contributed by atoms with Crippen LogP contribution in [0.2, 0.25) is 0 Å². The Morgan fingerprint density at radius 1 is 1.37 bits per heavy atom. The molecular formula is C18H24N3O5P. The third-order valence-electron chi connectivity index (χ3n) is 4.69. The maximum absolute atomic E-state index is 13.5. The number of benzene rings is 1. The lowest BCUT2D eigenvalue weighted by Gasteiger charge is -2.44. The highest BCUT2D eigenvalue weighted by Gasteiger charge is 2.50. The van der Waals surface area contributed by atoms with E-state index in [0.29, 0.717) is 24.2 Å². The van der Waals surface area contributed by atoms with E-state index in [1.165, 1.54) is 9.57 Å². The Kier molecular flexibility index (Phi) is 5.69. The van der Waals surface area contributed by atoms with E-state index in [2.05, 4.69) is 5.09 Å². The number of amides is 2. The number of carbonyl (C=O) groups is 2. The van der Waals surface area contributed by atoms with Crippen molar-refractivity contribution in [3.63, 3.8) is 0 Å². The number of urea groups is 1. The summed E-state index contributed by atoms with van der Waals surface area (Å²) in [5.74, 6) is -0.545. The average molecular weight is 393 g/mol. The van der Waals surface area contributed by atoms with E-state index in [-0.39, 0.29) is 18.8 Å². The lowest BCUT2D eigenvalue weighted by molar-refractivity contribution is -0.139. The largest absolute Gasteiger partial charge is 0.463 e. The summed E-state index contributed by atoms with van der Waals surface area (Å²) >= 11 is 0. The minimum atomic E-state index is -3.68. The Morgan fingerprint density at radius 3 is 2.67 bits per heavy atom. The van der Waals surface area contributed by atoms with Gasteiger partial charge in [0.25, 0.3) is 0 Å². The lowest BCUT2D eigenvalue weighted by atomic mass is 9.95. The second-order valence-electron chi connectivity index (χ2n) is 6.33. The topological polar surface area (TPSA) is 88.2 Å². The molecule has 0 aliphatic carbocycles. The monoisotopic (exact) mass is 393 g/mol. The van der Waals surface area contributed by atoms with Gasteiger partial charge in [0.05, 0.1) is 18.8 Å². The van der Waals surface area contributed by atoms with Crippen LogP contribution >= 0.6 is 7.67 Å². The summed E-state index contributed by atoms with van der Waals surface area (Å²) in [6.45, 7) is 4.33. The van der Waals surface area contributed by atoms with E-state index in [4.69, 9.17) is 9.26 Å². The Labute approximate surface area is 158 Å². The molecule has 2 unspecified atom stereocenters. The summed E-state index contributed by atoms with van der Waals surface area (Å²) < 4.78 is 25.5. The first-order valence-corrected chi connectivity index (χ1v) is 10.5. The lowest BCUT2D eigenvalue weighted by Crippen LogP contribution is -2.50. The fraction of sp³-hybridized carbons (Fsp3) is 0.444. The molecule has 1 aromatic carbocycles. The summed E-state index contributed by atoms with van der Waals surface area (Å²) in [7, 11) is -2.13. The molecule has 0 bridgehead atoms. The van der Waals surface area contributed by atoms with Gasteiger partial charge in [-0.15, -0.1) is 0 Å². The van der Waals surface area contributed by atoms with Crippen molar-refractivity contribution in [3.05, 3.63) is 47.2 Å². The molecule has 1 saturated heterocycles. The molecule has 0 aromatic heterocycles. The Bertz CT molecular complexity index is 800. The number of ether oxygens (including phenoxy) is 1.